The highest BCUT2D eigenvalue weighted by Crippen LogP contribution is 2.22. The van der Waals surface area contributed by atoms with E-state index in [4.69, 9.17) is 9.63 Å². The number of aliphatic hydroxyl groups is 1. The highest BCUT2D eigenvalue weighted by molar-refractivity contribution is 7.99. The van der Waals surface area contributed by atoms with Crippen molar-refractivity contribution in [1.82, 2.24) is 10.1 Å². The molecule has 2 atom stereocenters. The van der Waals surface area contributed by atoms with Crippen LogP contribution in [0.25, 0.3) is 0 Å². The predicted octanol–water partition coefficient (Wildman–Crippen LogP) is 0.571. The number of amides is 1. The number of aryl methyl sites for hydroxylation is 2. The van der Waals surface area contributed by atoms with Crippen LogP contribution in [0.15, 0.2) is 4.52 Å². The van der Waals surface area contributed by atoms with Crippen LogP contribution in [0.4, 0.5) is 0 Å². The summed E-state index contributed by atoms with van der Waals surface area (Å²) >= 11 is 1.38. The third-order valence-corrected chi connectivity index (χ3v) is 4.48. The van der Waals surface area contributed by atoms with Crippen LogP contribution < -0.4 is 0 Å². The Labute approximate surface area is 126 Å². The molecule has 0 radical (unpaired) electrons. The van der Waals surface area contributed by atoms with Crippen molar-refractivity contribution >= 4 is 23.6 Å². The molecule has 7 nitrogen and oxygen atoms in total. The van der Waals surface area contributed by atoms with E-state index >= 15 is 0 Å². The van der Waals surface area contributed by atoms with Crippen LogP contribution in [-0.4, -0.2) is 56.6 Å². The third-order valence-electron chi connectivity index (χ3n) is 3.54. The van der Waals surface area contributed by atoms with Crippen molar-refractivity contribution in [2.45, 2.75) is 38.2 Å². The second-order valence-corrected chi connectivity index (χ2v) is 6.07. The molecule has 0 aliphatic carbocycles. The van der Waals surface area contributed by atoms with E-state index < -0.39 is 18.1 Å². The van der Waals surface area contributed by atoms with Gasteiger partial charge in [0.05, 0.1) is 17.6 Å². The molecule has 0 spiro atoms. The van der Waals surface area contributed by atoms with Gasteiger partial charge in [-0.05, 0) is 13.8 Å². The molecule has 1 amide bonds. The highest BCUT2D eigenvalue weighted by atomic mass is 32.2. The second kappa shape index (κ2) is 6.48. The highest BCUT2D eigenvalue weighted by Gasteiger charge is 2.38. The maximum Gasteiger partial charge on any atom is 0.326 e. The maximum atomic E-state index is 12.1. The molecule has 0 saturated carbocycles. The summed E-state index contributed by atoms with van der Waals surface area (Å²) < 4.78 is 5.05. The Morgan fingerprint density at radius 1 is 1.48 bits per heavy atom. The summed E-state index contributed by atoms with van der Waals surface area (Å²) in [5.74, 6) is 0.139. The van der Waals surface area contributed by atoms with Crippen molar-refractivity contribution in [2.24, 2.45) is 0 Å². The Morgan fingerprint density at radius 2 is 2.19 bits per heavy atom. The molecule has 1 aliphatic heterocycles. The molecule has 1 fully saturated rings. The molecule has 1 aromatic rings. The van der Waals surface area contributed by atoms with Crippen molar-refractivity contribution in [3.05, 3.63) is 17.0 Å². The summed E-state index contributed by atoms with van der Waals surface area (Å²) in [5.41, 5.74) is 1.76. The topological polar surface area (TPSA) is 104 Å². The lowest BCUT2D eigenvalue weighted by Crippen LogP contribution is -2.41. The molecule has 8 heteroatoms. The first-order valence-corrected chi connectivity index (χ1v) is 7.75. The largest absolute Gasteiger partial charge is 0.480 e. The molecule has 1 aromatic heterocycles. The number of likely N-dealkylation sites (tertiary alicyclic amines) is 1. The van der Waals surface area contributed by atoms with E-state index in [0.29, 0.717) is 5.75 Å². The van der Waals surface area contributed by atoms with Gasteiger partial charge in [-0.3, -0.25) is 4.79 Å². The number of rotatable bonds is 5. The van der Waals surface area contributed by atoms with Gasteiger partial charge in [-0.1, -0.05) is 5.16 Å². The zero-order valence-corrected chi connectivity index (χ0v) is 12.7. The van der Waals surface area contributed by atoms with Crippen molar-refractivity contribution in [1.29, 1.82) is 0 Å². The van der Waals surface area contributed by atoms with Gasteiger partial charge in [0.15, 0.2) is 0 Å². The third kappa shape index (κ3) is 3.56. The van der Waals surface area contributed by atoms with Gasteiger partial charge < -0.3 is 19.6 Å². The summed E-state index contributed by atoms with van der Waals surface area (Å²) in [6, 6.07) is -0.924. The van der Waals surface area contributed by atoms with Crippen molar-refractivity contribution < 1.29 is 24.3 Å². The van der Waals surface area contributed by atoms with E-state index in [-0.39, 0.29) is 24.6 Å². The van der Waals surface area contributed by atoms with Crippen LogP contribution in [0.3, 0.4) is 0 Å². The van der Waals surface area contributed by atoms with Crippen LogP contribution in [0.1, 0.15) is 23.4 Å². The molecule has 2 N–H and O–H groups in total. The molecular formula is C13H18N2O5S. The summed E-state index contributed by atoms with van der Waals surface area (Å²) in [7, 11) is 0. The van der Waals surface area contributed by atoms with E-state index in [1.807, 2.05) is 13.8 Å². The summed E-state index contributed by atoms with van der Waals surface area (Å²) in [4.78, 5) is 24.4. The molecule has 0 bridgehead atoms. The number of aliphatic hydroxyl groups excluding tert-OH is 1. The van der Waals surface area contributed by atoms with Crippen LogP contribution in [0.2, 0.25) is 0 Å². The molecule has 116 valence electrons. The molecule has 0 aromatic carbocycles. The number of carboxylic acids is 1. The Bertz CT molecular complexity index is 525. The zero-order chi connectivity index (χ0) is 15.6. The molecule has 1 aliphatic rings. The van der Waals surface area contributed by atoms with E-state index in [2.05, 4.69) is 5.16 Å². The number of carboxylic acid groups (broad SMARTS) is 1. The van der Waals surface area contributed by atoms with Gasteiger partial charge in [-0.15, -0.1) is 11.8 Å². The first-order valence-electron chi connectivity index (χ1n) is 6.60. The normalized spacial score (nSPS) is 21.8. The van der Waals surface area contributed by atoms with Gasteiger partial charge in [0.2, 0.25) is 5.91 Å². The summed E-state index contributed by atoms with van der Waals surface area (Å²) in [5, 5.41) is 22.4. The van der Waals surface area contributed by atoms with E-state index in [9.17, 15) is 14.7 Å². The van der Waals surface area contributed by atoms with Crippen LogP contribution >= 0.6 is 11.8 Å². The average Bonchev–Trinajstić information content (AvgIpc) is 2.95. The number of hydrogen-bond donors (Lipinski definition) is 2. The molecule has 21 heavy (non-hydrogen) atoms. The fourth-order valence-corrected chi connectivity index (χ4v) is 3.41. The lowest BCUT2D eigenvalue weighted by atomic mass is 10.2. The summed E-state index contributed by atoms with van der Waals surface area (Å²) in [6.07, 6.45) is -0.669. The Morgan fingerprint density at radius 3 is 2.76 bits per heavy atom. The number of β-amino-alcohol motifs (C(OH)–C–C–N with tert-alkyl or cyclic N) is 1. The first kappa shape index (κ1) is 15.8. The summed E-state index contributed by atoms with van der Waals surface area (Å²) in [6.45, 7) is 3.74. The molecule has 2 unspecified atom stereocenters. The van der Waals surface area contributed by atoms with Gasteiger partial charge in [-0.2, -0.15) is 0 Å². The zero-order valence-electron chi connectivity index (χ0n) is 11.9. The predicted molar refractivity (Wildman–Crippen MR) is 75.9 cm³/mol. The number of aromatic nitrogens is 1. The standard InChI is InChI=1S/C13H18N2O5S/c1-7-10(8(2)20-14-7)5-21-6-12(17)15-4-9(16)3-11(15)13(18)19/h9,11,16H,3-6H2,1-2H3,(H,18,19). The van der Waals surface area contributed by atoms with Gasteiger partial charge in [0.25, 0.3) is 0 Å². The fraction of sp³-hybridized carbons (Fsp3) is 0.615. The Hall–Kier alpha value is -1.54. The number of nitrogens with zero attached hydrogens (tertiary/aromatic N) is 2. The molecule has 1 saturated heterocycles. The molecule has 2 rings (SSSR count). The molecular weight excluding hydrogens is 296 g/mol. The van der Waals surface area contributed by atoms with Gasteiger partial charge in [0, 0.05) is 24.3 Å². The first-order chi connectivity index (χ1) is 9.90. The van der Waals surface area contributed by atoms with Gasteiger partial charge >= 0.3 is 5.97 Å². The lowest BCUT2D eigenvalue weighted by Gasteiger charge is -2.20. The molecule has 2 heterocycles. The van der Waals surface area contributed by atoms with E-state index in [0.717, 1.165) is 17.0 Å². The van der Waals surface area contributed by atoms with Crippen molar-refractivity contribution in [2.75, 3.05) is 12.3 Å². The smallest absolute Gasteiger partial charge is 0.326 e. The number of carbonyl (C=O) groups excluding carboxylic acids is 1. The minimum atomic E-state index is -1.07. The fourth-order valence-electron chi connectivity index (χ4n) is 2.35. The van der Waals surface area contributed by atoms with Crippen LogP contribution in [0, 0.1) is 13.8 Å². The van der Waals surface area contributed by atoms with Crippen LogP contribution in [0.5, 0.6) is 0 Å². The monoisotopic (exact) mass is 314 g/mol. The SMILES string of the molecule is Cc1noc(C)c1CSCC(=O)N1CC(O)CC1C(=O)O. The number of thioether (sulfide) groups is 1. The van der Waals surface area contributed by atoms with Gasteiger partial charge in [-0.25, -0.2) is 4.79 Å². The average molecular weight is 314 g/mol. The lowest BCUT2D eigenvalue weighted by molar-refractivity contribution is -0.147. The number of hydrogen-bond acceptors (Lipinski definition) is 6. The maximum absolute atomic E-state index is 12.1. The van der Waals surface area contributed by atoms with E-state index in [1.54, 1.807) is 0 Å². The minimum absolute atomic E-state index is 0.0850. The number of carbonyl (C=O) groups is 2. The Kier molecular flexibility index (Phi) is 4.89. The van der Waals surface area contributed by atoms with Crippen molar-refractivity contribution in [3.63, 3.8) is 0 Å². The quantitative estimate of drug-likeness (QED) is 0.818. The van der Waals surface area contributed by atoms with Gasteiger partial charge in [0.1, 0.15) is 11.8 Å². The van der Waals surface area contributed by atoms with Crippen LogP contribution in [-0.2, 0) is 15.3 Å². The number of aliphatic carboxylic acids is 1. The Balaban J connectivity index is 1.88. The minimum Gasteiger partial charge on any atom is -0.480 e. The second-order valence-electron chi connectivity index (χ2n) is 5.09. The van der Waals surface area contributed by atoms with Crippen molar-refractivity contribution in [3.8, 4) is 0 Å². The van der Waals surface area contributed by atoms with E-state index in [1.165, 1.54) is 16.7 Å².